The van der Waals surface area contributed by atoms with Crippen molar-refractivity contribution in [1.29, 1.82) is 0 Å². The molecule has 2 aliphatic rings. The molecule has 0 aliphatic carbocycles. The fraction of sp³-hybridized carbons (Fsp3) is 0.714. The largest absolute Gasteiger partial charge is 0.462 e. The Morgan fingerprint density at radius 3 is 2.00 bits per heavy atom. The third-order valence-electron chi connectivity index (χ3n) is 6.48. The second kappa shape index (κ2) is 15.9. The van der Waals surface area contributed by atoms with Crippen LogP contribution in [0.1, 0.15) is 110 Å². The molecule has 0 aromatic carbocycles. The van der Waals surface area contributed by atoms with Crippen LogP contribution in [0.2, 0.25) is 0 Å². The molecule has 186 valence electrons. The zero-order valence-electron chi connectivity index (χ0n) is 20.6. The molecular formula is C28H44O5. The van der Waals surface area contributed by atoms with E-state index in [0.29, 0.717) is 30.6 Å². The number of hydrogen-bond donors (Lipinski definition) is 1. The first-order valence-electron chi connectivity index (χ1n) is 13.2. The number of unbranched alkanes of at least 4 members (excludes halogenated alkanes) is 12. The molecule has 2 fully saturated rings. The summed E-state index contributed by atoms with van der Waals surface area (Å²) < 4.78 is 10.4. The summed E-state index contributed by atoms with van der Waals surface area (Å²) in [5.74, 6) is -0.774. The first-order valence-corrected chi connectivity index (χ1v) is 13.2. The van der Waals surface area contributed by atoms with Crippen LogP contribution in [0, 0.1) is 0 Å². The van der Waals surface area contributed by atoms with Gasteiger partial charge in [-0.3, -0.25) is 0 Å². The van der Waals surface area contributed by atoms with Crippen LogP contribution in [-0.4, -0.2) is 35.9 Å². The summed E-state index contributed by atoms with van der Waals surface area (Å²) in [4.78, 5) is 23.9. The van der Waals surface area contributed by atoms with E-state index in [1.54, 1.807) is 6.08 Å². The number of hydrogen-bond acceptors (Lipinski definition) is 5. The van der Waals surface area contributed by atoms with Gasteiger partial charge in [0.1, 0.15) is 0 Å². The molecule has 2 rings (SSSR count). The second-order valence-corrected chi connectivity index (χ2v) is 9.45. The van der Waals surface area contributed by atoms with Gasteiger partial charge in [0.2, 0.25) is 0 Å². The minimum atomic E-state index is -1.12. The Hall–Kier alpha value is -1.88. The van der Waals surface area contributed by atoms with E-state index in [-0.39, 0.29) is 18.5 Å². The van der Waals surface area contributed by atoms with Crippen molar-refractivity contribution in [2.45, 2.75) is 115 Å². The molecule has 0 spiro atoms. The average molecular weight is 461 g/mol. The van der Waals surface area contributed by atoms with Gasteiger partial charge in [0.25, 0.3) is 0 Å². The van der Waals surface area contributed by atoms with Gasteiger partial charge in [-0.15, -0.1) is 0 Å². The van der Waals surface area contributed by atoms with E-state index in [1.807, 2.05) is 6.08 Å². The van der Waals surface area contributed by atoms with E-state index in [1.165, 1.54) is 70.6 Å². The molecule has 0 unspecified atom stereocenters. The molecule has 33 heavy (non-hydrogen) atoms. The van der Waals surface area contributed by atoms with Crippen LogP contribution in [0.15, 0.2) is 35.5 Å². The number of rotatable bonds is 17. The maximum atomic E-state index is 12.2. The van der Waals surface area contributed by atoms with Gasteiger partial charge in [-0.2, -0.15) is 0 Å². The molecule has 0 aromatic heterocycles. The monoisotopic (exact) mass is 460 g/mol. The first kappa shape index (κ1) is 27.4. The highest BCUT2D eigenvalue weighted by molar-refractivity contribution is 5.93. The number of aliphatic hydroxyl groups is 1. The fourth-order valence-electron chi connectivity index (χ4n) is 4.44. The molecule has 2 heterocycles. The van der Waals surface area contributed by atoms with Crippen molar-refractivity contribution in [3.63, 3.8) is 0 Å². The van der Waals surface area contributed by atoms with Crippen molar-refractivity contribution < 1.29 is 24.2 Å². The highest BCUT2D eigenvalue weighted by Gasteiger charge is 2.42. The molecule has 1 atom stereocenters. The number of ether oxygens (including phenoxy) is 2. The molecule has 2 aliphatic heterocycles. The quantitative estimate of drug-likeness (QED) is 0.116. The van der Waals surface area contributed by atoms with Gasteiger partial charge < -0.3 is 14.6 Å². The summed E-state index contributed by atoms with van der Waals surface area (Å²) in [6.07, 6.45) is 26.3. The summed E-state index contributed by atoms with van der Waals surface area (Å²) in [7, 11) is 0. The molecule has 0 aromatic rings. The predicted octanol–water partition coefficient (Wildman–Crippen LogP) is 6.50. The lowest BCUT2D eigenvalue weighted by Gasteiger charge is -2.20. The van der Waals surface area contributed by atoms with E-state index in [4.69, 9.17) is 9.47 Å². The van der Waals surface area contributed by atoms with E-state index >= 15 is 0 Å². The lowest BCUT2D eigenvalue weighted by molar-refractivity contribution is -0.146. The Morgan fingerprint density at radius 2 is 1.42 bits per heavy atom. The summed E-state index contributed by atoms with van der Waals surface area (Å²) in [5.41, 5.74) is -0.0393. The number of carbonyl (C=O) groups excluding carboxylic acids is 2. The predicted molar refractivity (Wildman–Crippen MR) is 132 cm³/mol. The Morgan fingerprint density at radius 1 is 0.818 bits per heavy atom. The van der Waals surface area contributed by atoms with Gasteiger partial charge in [0.05, 0.1) is 13.2 Å². The number of esters is 2. The van der Waals surface area contributed by atoms with E-state index < -0.39 is 5.60 Å². The van der Waals surface area contributed by atoms with Gasteiger partial charge >= 0.3 is 11.9 Å². The number of aliphatic hydroxyl groups excluding tert-OH is 1. The van der Waals surface area contributed by atoms with Crippen molar-refractivity contribution in [3.8, 4) is 0 Å². The molecule has 0 saturated carbocycles. The molecule has 5 nitrogen and oxygen atoms in total. The minimum Gasteiger partial charge on any atom is -0.462 e. The van der Waals surface area contributed by atoms with Crippen LogP contribution in [0.25, 0.3) is 0 Å². The smallest absolute Gasteiger partial charge is 0.334 e. The van der Waals surface area contributed by atoms with Crippen LogP contribution < -0.4 is 0 Å². The Kier molecular flexibility index (Phi) is 13.2. The zero-order valence-corrected chi connectivity index (χ0v) is 20.6. The maximum absolute atomic E-state index is 12.2. The van der Waals surface area contributed by atoms with Gasteiger partial charge in [-0.25, -0.2) is 9.59 Å². The van der Waals surface area contributed by atoms with Gasteiger partial charge in [0.15, 0.2) is 5.60 Å². The maximum Gasteiger partial charge on any atom is 0.334 e. The molecule has 0 radical (unpaired) electrons. The van der Waals surface area contributed by atoms with E-state index in [9.17, 15) is 14.7 Å². The summed E-state index contributed by atoms with van der Waals surface area (Å²) in [5, 5.41) is 9.81. The van der Waals surface area contributed by atoms with Crippen LogP contribution in [0.5, 0.6) is 0 Å². The van der Waals surface area contributed by atoms with Crippen molar-refractivity contribution in [2.24, 2.45) is 0 Å². The molecule has 0 bridgehead atoms. The topological polar surface area (TPSA) is 72.8 Å². The normalized spacial score (nSPS) is 23.2. The first-order chi connectivity index (χ1) is 16.1. The summed E-state index contributed by atoms with van der Waals surface area (Å²) in [6, 6.07) is 0. The van der Waals surface area contributed by atoms with Crippen molar-refractivity contribution in [1.82, 2.24) is 0 Å². The summed E-state index contributed by atoms with van der Waals surface area (Å²) in [6.45, 7) is 2.27. The van der Waals surface area contributed by atoms with Crippen LogP contribution in [0.3, 0.4) is 0 Å². The third kappa shape index (κ3) is 10.3. The van der Waals surface area contributed by atoms with E-state index in [0.717, 1.165) is 19.3 Å². The summed E-state index contributed by atoms with van der Waals surface area (Å²) >= 11 is 0. The lowest BCUT2D eigenvalue weighted by atomic mass is 9.94. The van der Waals surface area contributed by atoms with Crippen molar-refractivity contribution in [2.75, 3.05) is 13.2 Å². The minimum absolute atomic E-state index is 0.310. The zero-order chi connectivity index (χ0) is 23.8. The Labute approximate surface area is 200 Å². The highest BCUT2D eigenvalue weighted by atomic mass is 16.6. The molecule has 1 N–H and O–H groups in total. The van der Waals surface area contributed by atoms with Crippen LogP contribution in [-0.2, 0) is 19.1 Å². The van der Waals surface area contributed by atoms with Crippen LogP contribution >= 0.6 is 0 Å². The van der Waals surface area contributed by atoms with Crippen molar-refractivity contribution in [3.05, 3.63) is 35.5 Å². The standard InChI is InChI=1S/C28H44O5/c1-2-3-4-5-6-7-8-9-10-11-12-13-14-15-16-17-18-24-21-28(23-29,33-27(24)31)22-25-19-20-32-26(25)30/h9-10,18,22,29H,2-8,11-17,19-21,23H2,1H3/b10-9-,24-18-,25-22-/t28-/m0/s1. The second-order valence-electron chi connectivity index (χ2n) is 9.45. The molecule has 0 amide bonds. The highest BCUT2D eigenvalue weighted by Crippen LogP contribution is 2.34. The van der Waals surface area contributed by atoms with Crippen LogP contribution in [0.4, 0.5) is 0 Å². The number of carbonyl (C=O) groups is 2. The average Bonchev–Trinajstić information content (AvgIpc) is 3.36. The Balaban J connectivity index is 1.53. The third-order valence-corrected chi connectivity index (χ3v) is 6.48. The Bertz CT molecular complexity index is 690. The molecule has 5 heteroatoms. The van der Waals surface area contributed by atoms with Gasteiger partial charge in [-0.05, 0) is 44.6 Å². The number of allylic oxidation sites excluding steroid dienone is 3. The van der Waals surface area contributed by atoms with Gasteiger partial charge in [-0.1, -0.05) is 76.5 Å². The molecular weight excluding hydrogens is 416 g/mol. The van der Waals surface area contributed by atoms with E-state index in [2.05, 4.69) is 19.1 Å². The lowest BCUT2D eigenvalue weighted by Crippen LogP contribution is -2.31. The fourth-order valence-corrected chi connectivity index (χ4v) is 4.44. The van der Waals surface area contributed by atoms with Gasteiger partial charge in [0, 0.05) is 24.0 Å². The number of cyclic esters (lactones) is 2. The molecule has 2 saturated heterocycles. The van der Waals surface area contributed by atoms with Crippen molar-refractivity contribution >= 4 is 11.9 Å². The SMILES string of the molecule is CCCCCCCC/C=C\CCCCCCC/C=C1/C[C@](/C=C2/CCOC2=O)(CO)OC1=O.